The van der Waals surface area contributed by atoms with Crippen LogP contribution in [-0.4, -0.2) is 44.0 Å². The SMILES string of the molecule is COc1ccc(CN2Cc3c(ccc(N(C)C)c3C)N3C2=NC(=O)C3C)cc1. The highest BCUT2D eigenvalue weighted by Gasteiger charge is 2.40. The number of carbonyl (C=O) groups excluding carboxylic acids is 1. The van der Waals surface area contributed by atoms with Crippen LogP contribution in [0.15, 0.2) is 41.4 Å². The van der Waals surface area contributed by atoms with E-state index in [1.807, 2.05) is 19.1 Å². The lowest BCUT2D eigenvalue weighted by Gasteiger charge is -2.40. The lowest BCUT2D eigenvalue weighted by Crippen LogP contribution is -2.49. The molecule has 0 bridgehead atoms. The third-order valence-corrected chi connectivity index (χ3v) is 5.62. The van der Waals surface area contributed by atoms with Crippen LogP contribution >= 0.6 is 0 Å². The molecule has 1 atom stereocenters. The van der Waals surface area contributed by atoms with Gasteiger partial charge in [0.05, 0.1) is 12.8 Å². The second-order valence-electron chi connectivity index (χ2n) is 7.60. The van der Waals surface area contributed by atoms with Gasteiger partial charge < -0.3 is 14.5 Å². The normalized spacial score (nSPS) is 18.0. The molecule has 1 unspecified atom stereocenters. The maximum Gasteiger partial charge on any atom is 0.271 e. The molecule has 0 N–H and O–H groups in total. The molecular formula is C22H26N4O2. The van der Waals surface area contributed by atoms with Crippen LogP contribution in [0, 0.1) is 6.92 Å². The quantitative estimate of drug-likeness (QED) is 0.818. The van der Waals surface area contributed by atoms with Crippen molar-refractivity contribution in [3.05, 3.63) is 53.1 Å². The molecule has 1 amide bonds. The van der Waals surface area contributed by atoms with E-state index in [9.17, 15) is 4.79 Å². The number of benzene rings is 2. The molecule has 2 aliphatic heterocycles. The molecule has 4 rings (SSSR count). The van der Waals surface area contributed by atoms with Gasteiger partial charge in [0.15, 0.2) is 0 Å². The Morgan fingerprint density at radius 2 is 1.89 bits per heavy atom. The Morgan fingerprint density at radius 3 is 2.54 bits per heavy atom. The molecule has 2 heterocycles. The number of hydrogen-bond donors (Lipinski definition) is 0. The minimum Gasteiger partial charge on any atom is -0.497 e. The number of amides is 1. The van der Waals surface area contributed by atoms with E-state index < -0.39 is 0 Å². The molecule has 0 radical (unpaired) electrons. The van der Waals surface area contributed by atoms with E-state index in [4.69, 9.17) is 4.74 Å². The second-order valence-corrected chi connectivity index (χ2v) is 7.60. The topological polar surface area (TPSA) is 48.4 Å². The molecule has 146 valence electrons. The number of aliphatic imine (C=N–C) groups is 1. The van der Waals surface area contributed by atoms with Crippen LogP contribution in [-0.2, 0) is 17.9 Å². The van der Waals surface area contributed by atoms with E-state index in [1.54, 1.807) is 7.11 Å². The summed E-state index contributed by atoms with van der Waals surface area (Å²) in [6, 6.07) is 12.0. The van der Waals surface area contributed by atoms with Gasteiger partial charge in [-0.15, -0.1) is 0 Å². The van der Waals surface area contributed by atoms with Gasteiger partial charge >= 0.3 is 0 Å². The van der Waals surface area contributed by atoms with Gasteiger partial charge in [0, 0.05) is 38.4 Å². The third-order valence-electron chi connectivity index (χ3n) is 5.62. The third kappa shape index (κ3) is 2.89. The summed E-state index contributed by atoms with van der Waals surface area (Å²) in [5.74, 6) is 1.50. The molecule has 0 saturated carbocycles. The van der Waals surface area contributed by atoms with Gasteiger partial charge in [0.1, 0.15) is 11.8 Å². The van der Waals surface area contributed by atoms with Crippen LogP contribution in [0.25, 0.3) is 0 Å². The largest absolute Gasteiger partial charge is 0.497 e. The maximum atomic E-state index is 12.4. The minimum atomic E-state index is -0.281. The molecule has 6 nitrogen and oxygen atoms in total. The zero-order valence-electron chi connectivity index (χ0n) is 17.1. The molecule has 0 aromatic heterocycles. The number of nitrogens with zero attached hydrogens (tertiary/aromatic N) is 4. The Kier molecular flexibility index (Phi) is 4.49. The summed E-state index contributed by atoms with van der Waals surface area (Å²) in [5, 5.41) is 0. The van der Waals surface area contributed by atoms with Crippen LogP contribution in [0.2, 0.25) is 0 Å². The summed E-state index contributed by atoms with van der Waals surface area (Å²) in [7, 11) is 5.78. The minimum absolute atomic E-state index is 0.0862. The van der Waals surface area contributed by atoms with Crippen molar-refractivity contribution in [1.82, 2.24) is 4.90 Å². The predicted octanol–water partition coefficient (Wildman–Crippen LogP) is 3.18. The van der Waals surface area contributed by atoms with E-state index in [0.717, 1.165) is 29.5 Å². The molecule has 0 fully saturated rings. The van der Waals surface area contributed by atoms with Crippen LogP contribution in [0.5, 0.6) is 5.75 Å². The van der Waals surface area contributed by atoms with Crippen molar-refractivity contribution in [2.24, 2.45) is 4.99 Å². The average molecular weight is 378 g/mol. The van der Waals surface area contributed by atoms with Crippen molar-refractivity contribution in [2.45, 2.75) is 33.0 Å². The summed E-state index contributed by atoms with van der Waals surface area (Å²) in [4.78, 5) is 23.2. The van der Waals surface area contributed by atoms with Crippen LogP contribution in [0.4, 0.5) is 11.4 Å². The van der Waals surface area contributed by atoms with E-state index in [2.05, 4.69) is 65.0 Å². The first-order valence-electron chi connectivity index (χ1n) is 9.50. The van der Waals surface area contributed by atoms with Gasteiger partial charge in [-0.3, -0.25) is 9.69 Å². The smallest absolute Gasteiger partial charge is 0.271 e. The van der Waals surface area contributed by atoms with E-state index in [0.29, 0.717) is 6.54 Å². The summed E-state index contributed by atoms with van der Waals surface area (Å²) >= 11 is 0. The van der Waals surface area contributed by atoms with E-state index >= 15 is 0 Å². The number of guanidine groups is 1. The van der Waals surface area contributed by atoms with E-state index in [-0.39, 0.29) is 11.9 Å². The number of anilines is 2. The molecule has 0 saturated heterocycles. The van der Waals surface area contributed by atoms with Crippen molar-refractivity contribution in [2.75, 3.05) is 31.0 Å². The van der Waals surface area contributed by atoms with Crippen molar-refractivity contribution < 1.29 is 9.53 Å². The van der Waals surface area contributed by atoms with Gasteiger partial charge in [-0.25, -0.2) is 0 Å². The number of rotatable bonds is 4. The van der Waals surface area contributed by atoms with Crippen molar-refractivity contribution in [3.8, 4) is 5.75 Å². The summed E-state index contributed by atoms with van der Waals surface area (Å²) in [6.07, 6.45) is 0. The van der Waals surface area contributed by atoms with Gasteiger partial charge in [-0.2, -0.15) is 4.99 Å². The van der Waals surface area contributed by atoms with Gasteiger partial charge in [-0.05, 0) is 49.2 Å². The monoisotopic (exact) mass is 378 g/mol. The summed E-state index contributed by atoms with van der Waals surface area (Å²) in [6.45, 7) is 5.49. The zero-order chi connectivity index (χ0) is 20.0. The number of carbonyl (C=O) groups is 1. The average Bonchev–Trinajstić information content (AvgIpc) is 2.98. The molecule has 0 aliphatic carbocycles. The first-order chi connectivity index (χ1) is 13.4. The molecule has 2 aromatic carbocycles. The fourth-order valence-electron chi connectivity index (χ4n) is 4.05. The van der Waals surface area contributed by atoms with Crippen LogP contribution < -0.4 is 14.5 Å². The number of fused-ring (bicyclic) bond motifs is 3. The molecule has 2 aliphatic rings. The summed E-state index contributed by atoms with van der Waals surface area (Å²) in [5.41, 5.74) is 5.93. The van der Waals surface area contributed by atoms with Crippen molar-refractivity contribution >= 4 is 23.2 Å². The number of ether oxygens (including phenoxy) is 1. The number of methoxy groups -OCH3 is 1. The molecule has 6 heteroatoms. The number of hydrogen-bond acceptors (Lipinski definition) is 5. The highest BCUT2D eigenvalue weighted by molar-refractivity contribution is 6.14. The first kappa shape index (κ1) is 18.3. The molecular weight excluding hydrogens is 352 g/mol. The lowest BCUT2D eigenvalue weighted by molar-refractivity contribution is -0.117. The van der Waals surface area contributed by atoms with Crippen LogP contribution in [0.3, 0.4) is 0 Å². The van der Waals surface area contributed by atoms with Gasteiger partial charge in [0.25, 0.3) is 5.91 Å². The Hall–Kier alpha value is -3.02. The van der Waals surface area contributed by atoms with Crippen molar-refractivity contribution in [3.63, 3.8) is 0 Å². The Labute approximate surface area is 166 Å². The predicted molar refractivity (Wildman–Crippen MR) is 112 cm³/mol. The van der Waals surface area contributed by atoms with E-state index in [1.165, 1.54) is 16.8 Å². The van der Waals surface area contributed by atoms with Gasteiger partial charge in [0.2, 0.25) is 5.96 Å². The standard InChI is InChI=1S/C22H26N4O2/c1-14-18-13-25(12-16-6-8-17(28-5)9-7-16)22-23-21(27)15(2)26(22)20(18)11-10-19(14)24(3)4/h6-11,15H,12-13H2,1-5H3. The zero-order valence-corrected chi connectivity index (χ0v) is 17.1. The fourth-order valence-corrected chi connectivity index (χ4v) is 4.05. The maximum absolute atomic E-state index is 12.4. The Balaban J connectivity index is 1.75. The Bertz CT molecular complexity index is 950. The Morgan fingerprint density at radius 1 is 1.18 bits per heavy atom. The lowest BCUT2D eigenvalue weighted by atomic mass is 9.99. The fraction of sp³-hybridized carbons (Fsp3) is 0.364. The first-order valence-corrected chi connectivity index (χ1v) is 9.50. The highest BCUT2D eigenvalue weighted by Crippen LogP contribution is 2.39. The second kappa shape index (κ2) is 6.86. The van der Waals surface area contributed by atoms with Gasteiger partial charge in [-0.1, -0.05) is 12.1 Å². The summed E-state index contributed by atoms with van der Waals surface area (Å²) < 4.78 is 5.26. The molecule has 2 aromatic rings. The highest BCUT2D eigenvalue weighted by atomic mass is 16.5. The molecule has 0 spiro atoms. The van der Waals surface area contributed by atoms with Crippen molar-refractivity contribution in [1.29, 1.82) is 0 Å². The molecule has 28 heavy (non-hydrogen) atoms. The van der Waals surface area contributed by atoms with Crippen LogP contribution in [0.1, 0.15) is 23.6 Å².